The Morgan fingerprint density at radius 2 is 2.00 bits per heavy atom. The van der Waals surface area contributed by atoms with Crippen LogP contribution in [0.15, 0.2) is 36.4 Å². The SMILES string of the molecule is CC(NC(=O)c1ccc(Cl)nn1)c1cccc(Cl)c1. The Morgan fingerprint density at radius 1 is 1.21 bits per heavy atom. The summed E-state index contributed by atoms with van der Waals surface area (Å²) in [4.78, 5) is 11.9. The summed E-state index contributed by atoms with van der Waals surface area (Å²) in [5.41, 5.74) is 1.14. The molecule has 0 bridgehead atoms. The van der Waals surface area contributed by atoms with Crippen LogP contribution < -0.4 is 5.32 Å². The van der Waals surface area contributed by atoms with E-state index in [9.17, 15) is 4.79 Å². The van der Waals surface area contributed by atoms with Crippen molar-refractivity contribution in [2.75, 3.05) is 0 Å². The van der Waals surface area contributed by atoms with Crippen molar-refractivity contribution in [3.8, 4) is 0 Å². The average molecular weight is 296 g/mol. The van der Waals surface area contributed by atoms with Crippen molar-refractivity contribution >= 4 is 29.1 Å². The molecule has 1 amide bonds. The van der Waals surface area contributed by atoms with Crippen molar-refractivity contribution in [3.05, 3.63) is 57.8 Å². The van der Waals surface area contributed by atoms with Crippen LogP contribution in [0.3, 0.4) is 0 Å². The molecule has 0 saturated heterocycles. The lowest BCUT2D eigenvalue weighted by atomic mass is 10.1. The summed E-state index contributed by atoms with van der Waals surface area (Å²) in [6, 6.07) is 10.2. The third kappa shape index (κ3) is 3.66. The quantitative estimate of drug-likeness (QED) is 0.945. The van der Waals surface area contributed by atoms with Crippen molar-refractivity contribution in [2.24, 2.45) is 0 Å². The van der Waals surface area contributed by atoms with Gasteiger partial charge >= 0.3 is 0 Å². The Balaban J connectivity index is 2.08. The number of benzene rings is 1. The van der Waals surface area contributed by atoms with Crippen LogP contribution in [0, 0.1) is 0 Å². The maximum atomic E-state index is 11.9. The molecular weight excluding hydrogens is 285 g/mol. The van der Waals surface area contributed by atoms with Crippen LogP contribution in [0.25, 0.3) is 0 Å². The topological polar surface area (TPSA) is 54.9 Å². The van der Waals surface area contributed by atoms with E-state index in [4.69, 9.17) is 23.2 Å². The summed E-state index contributed by atoms with van der Waals surface area (Å²) in [6.07, 6.45) is 0. The molecule has 19 heavy (non-hydrogen) atoms. The molecule has 0 fully saturated rings. The second-order valence-corrected chi connectivity index (χ2v) is 4.82. The Morgan fingerprint density at radius 3 is 2.63 bits per heavy atom. The van der Waals surface area contributed by atoms with Gasteiger partial charge in [0.2, 0.25) is 0 Å². The number of nitrogens with zero attached hydrogens (tertiary/aromatic N) is 2. The molecule has 4 nitrogen and oxygen atoms in total. The van der Waals surface area contributed by atoms with Crippen molar-refractivity contribution in [2.45, 2.75) is 13.0 Å². The molecule has 2 rings (SSSR count). The number of carbonyl (C=O) groups is 1. The van der Waals surface area contributed by atoms with Crippen LogP contribution in [-0.2, 0) is 0 Å². The molecule has 1 unspecified atom stereocenters. The highest BCUT2D eigenvalue weighted by Crippen LogP contribution is 2.17. The zero-order chi connectivity index (χ0) is 13.8. The predicted octanol–water partition coefficient (Wildman–Crippen LogP) is 3.27. The van der Waals surface area contributed by atoms with Gasteiger partial charge in [0.05, 0.1) is 6.04 Å². The first-order valence-electron chi connectivity index (χ1n) is 5.62. The molecule has 0 spiro atoms. The number of amides is 1. The van der Waals surface area contributed by atoms with E-state index in [1.807, 2.05) is 19.1 Å². The fraction of sp³-hybridized carbons (Fsp3) is 0.154. The number of hydrogen-bond donors (Lipinski definition) is 1. The van der Waals surface area contributed by atoms with E-state index >= 15 is 0 Å². The molecule has 0 aliphatic rings. The molecule has 0 aliphatic carbocycles. The number of halogens is 2. The Labute approximate surface area is 120 Å². The van der Waals surface area contributed by atoms with Crippen LogP contribution in [0.5, 0.6) is 0 Å². The average Bonchev–Trinajstić information content (AvgIpc) is 2.39. The maximum Gasteiger partial charge on any atom is 0.272 e. The van der Waals surface area contributed by atoms with Gasteiger partial charge in [-0.3, -0.25) is 4.79 Å². The number of aromatic nitrogens is 2. The fourth-order valence-corrected chi connectivity index (χ4v) is 1.87. The summed E-state index contributed by atoms with van der Waals surface area (Å²) in [7, 11) is 0. The van der Waals surface area contributed by atoms with Crippen molar-refractivity contribution in [3.63, 3.8) is 0 Å². The summed E-state index contributed by atoms with van der Waals surface area (Å²) in [6.45, 7) is 1.87. The van der Waals surface area contributed by atoms with E-state index < -0.39 is 0 Å². The highest BCUT2D eigenvalue weighted by molar-refractivity contribution is 6.30. The summed E-state index contributed by atoms with van der Waals surface area (Å²) in [5, 5.41) is 11.0. The van der Waals surface area contributed by atoms with E-state index in [-0.39, 0.29) is 22.8 Å². The third-order valence-corrected chi connectivity index (χ3v) is 3.00. The van der Waals surface area contributed by atoms with Crippen LogP contribution >= 0.6 is 23.2 Å². The fourth-order valence-electron chi connectivity index (χ4n) is 1.57. The van der Waals surface area contributed by atoms with Gasteiger partial charge in [-0.2, -0.15) is 0 Å². The monoisotopic (exact) mass is 295 g/mol. The minimum atomic E-state index is -0.309. The molecule has 1 heterocycles. The van der Waals surface area contributed by atoms with Crippen LogP contribution in [0.1, 0.15) is 29.0 Å². The van der Waals surface area contributed by atoms with Crippen molar-refractivity contribution in [1.29, 1.82) is 0 Å². The zero-order valence-corrected chi connectivity index (χ0v) is 11.6. The number of rotatable bonds is 3. The first-order chi connectivity index (χ1) is 9.06. The standard InChI is InChI=1S/C13H11Cl2N3O/c1-8(9-3-2-4-10(14)7-9)16-13(19)11-5-6-12(15)18-17-11/h2-8H,1H3,(H,16,19). The molecule has 0 aliphatic heterocycles. The van der Waals surface area contributed by atoms with Gasteiger partial charge in [-0.1, -0.05) is 35.3 Å². The summed E-state index contributed by atoms with van der Waals surface area (Å²) in [5.74, 6) is -0.309. The first kappa shape index (κ1) is 13.8. The maximum absolute atomic E-state index is 11.9. The van der Waals surface area contributed by atoms with E-state index in [1.165, 1.54) is 12.1 Å². The second-order valence-electron chi connectivity index (χ2n) is 3.99. The van der Waals surface area contributed by atoms with E-state index in [2.05, 4.69) is 15.5 Å². The number of hydrogen-bond acceptors (Lipinski definition) is 3. The van der Waals surface area contributed by atoms with Crippen LogP contribution in [0.2, 0.25) is 10.2 Å². The largest absolute Gasteiger partial charge is 0.344 e. The first-order valence-corrected chi connectivity index (χ1v) is 6.37. The van der Waals surface area contributed by atoms with E-state index in [1.54, 1.807) is 12.1 Å². The molecule has 1 aromatic carbocycles. The van der Waals surface area contributed by atoms with E-state index in [0.717, 1.165) is 5.56 Å². The number of carbonyl (C=O) groups excluding carboxylic acids is 1. The van der Waals surface area contributed by atoms with Crippen LogP contribution in [-0.4, -0.2) is 16.1 Å². The molecule has 0 radical (unpaired) electrons. The van der Waals surface area contributed by atoms with Crippen molar-refractivity contribution < 1.29 is 4.79 Å². The lowest BCUT2D eigenvalue weighted by Crippen LogP contribution is -2.27. The minimum absolute atomic E-state index is 0.177. The minimum Gasteiger partial charge on any atom is -0.344 e. The normalized spacial score (nSPS) is 11.9. The smallest absolute Gasteiger partial charge is 0.272 e. The van der Waals surface area contributed by atoms with Gasteiger partial charge < -0.3 is 5.32 Å². The van der Waals surface area contributed by atoms with Gasteiger partial charge in [0.25, 0.3) is 5.91 Å². The Bertz CT molecular complexity index is 587. The molecule has 0 saturated carbocycles. The lowest BCUT2D eigenvalue weighted by Gasteiger charge is -2.14. The molecule has 6 heteroatoms. The van der Waals surface area contributed by atoms with Crippen molar-refractivity contribution in [1.82, 2.24) is 15.5 Å². The highest BCUT2D eigenvalue weighted by Gasteiger charge is 2.13. The second kappa shape index (κ2) is 5.99. The Hall–Kier alpha value is -1.65. The third-order valence-electron chi connectivity index (χ3n) is 2.56. The molecular formula is C13H11Cl2N3O. The van der Waals surface area contributed by atoms with Gasteiger partial charge in [0.1, 0.15) is 0 Å². The van der Waals surface area contributed by atoms with Gasteiger partial charge in [0, 0.05) is 5.02 Å². The van der Waals surface area contributed by atoms with Crippen LogP contribution in [0.4, 0.5) is 0 Å². The van der Waals surface area contributed by atoms with Gasteiger partial charge in [-0.05, 0) is 36.8 Å². The molecule has 2 aromatic rings. The highest BCUT2D eigenvalue weighted by atomic mass is 35.5. The zero-order valence-electron chi connectivity index (χ0n) is 10.1. The molecule has 1 N–H and O–H groups in total. The molecule has 98 valence electrons. The predicted molar refractivity (Wildman–Crippen MR) is 74.4 cm³/mol. The summed E-state index contributed by atoms with van der Waals surface area (Å²) < 4.78 is 0. The van der Waals surface area contributed by atoms with Gasteiger partial charge in [-0.15, -0.1) is 10.2 Å². The molecule has 1 aromatic heterocycles. The van der Waals surface area contributed by atoms with E-state index in [0.29, 0.717) is 5.02 Å². The Kier molecular flexibility index (Phi) is 4.35. The number of nitrogens with one attached hydrogen (secondary N) is 1. The van der Waals surface area contributed by atoms with Gasteiger partial charge in [-0.25, -0.2) is 0 Å². The lowest BCUT2D eigenvalue weighted by molar-refractivity contribution is 0.0934. The molecule has 1 atom stereocenters. The van der Waals surface area contributed by atoms with Gasteiger partial charge in [0.15, 0.2) is 10.8 Å². The summed E-state index contributed by atoms with van der Waals surface area (Å²) >= 11 is 11.5.